The summed E-state index contributed by atoms with van der Waals surface area (Å²) in [6.45, 7) is 0. The van der Waals surface area contributed by atoms with Crippen LogP contribution in [0.25, 0.3) is 21.9 Å². The Morgan fingerprint density at radius 2 is 1.50 bits per heavy atom. The van der Waals surface area contributed by atoms with Crippen molar-refractivity contribution in [1.29, 1.82) is 0 Å². The van der Waals surface area contributed by atoms with Crippen LogP contribution >= 0.6 is 0 Å². The van der Waals surface area contributed by atoms with Crippen molar-refractivity contribution >= 4 is 10.8 Å². The van der Waals surface area contributed by atoms with Crippen molar-refractivity contribution in [3.63, 3.8) is 0 Å². The van der Waals surface area contributed by atoms with Gasteiger partial charge in [0.2, 0.25) is 0 Å². The Balaban J connectivity index is 1.98. The van der Waals surface area contributed by atoms with Crippen molar-refractivity contribution in [3.05, 3.63) is 71.8 Å². The maximum atomic E-state index is 2.36. The van der Waals surface area contributed by atoms with Crippen LogP contribution in [0.5, 0.6) is 0 Å². The van der Waals surface area contributed by atoms with E-state index in [-0.39, 0.29) is 0 Å². The number of benzene rings is 3. The van der Waals surface area contributed by atoms with Gasteiger partial charge in [0.15, 0.2) is 0 Å². The molecule has 3 aromatic carbocycles. The maximum absolute atomic E-state index is 2.36. The van der Waals surface area contributed by atoms with Crippen molar-refractivity contribution in [1.82, 2.24) is 0 Å². The fraction of sp³-hybridized carbons (Fsp3) is 0.111. The highest BCUT2D eigenvalue weighted by Gasteiger charge is 2.13. The smallest absolute Gasteiger partial charge is 0.0105 e. The van der Waals surface area contributed by atoms with Gasteiger partial charge in [-0.2, -0.15) is 0 Å². The van der Waals surface area contributed by atoms with E-state index in [1.165, 1.54) is 45.9 Å². The van der Waals surface area contributed by atoms with E-state index < -0.39 is 0 Å². The van der Waals surface area contributed by atoms with E-state index in [4.69, 9.17) is 0 Å². The zero-order chi connectivity index (χ0) is 11.9. The Labute approximate surface area is 107 Å². The van der Waals surface area contributed by atoms with Gasteiger partial charge in [-0.05, 0) is 45.9 Å². The van der Waals surface area contributed by atoms with Crippen molar-refractivity contribution in [2.45, 2.75) is 12.8 Å². The third kappa shape index (κ3) is 1.39. The van der Waals surface area contributed by atoms with E-state index in [1.54, 1.807) is 0 Å². The monoisotopic (exact) mass is 230 g/mol. The van der Waals surface area contributed by atoms with Gasteiger partial charge in [0.25, 0.3) is 0 Å². The Bertz CT molecular complexity index is 733. The van der Waals surface area contributed by atoms with Gasteiger partial charge in [-0.3, -0.25) is 0 Å². The zero-order valence-corrected chi connectivity index (χ0v) is 10.2. The molecule has 18 heavy (non-hydrogen) atoms. The Kier molecular flexibility index (Phi) is 2.04. The van der Waals surface area contributed by atoms with Crippen LogP contribution in [0.2, 0.25) is 0 Å². The number of aryl methyl sites for hydroxylation is 2. The molecule has 0 atom stereocenters. The average Bonchev–Trinajstić information content (AvgIpc) is 2.40. The van der Waals surface area contributed by atoms with E-state index in [0.717, 1.165) is 0 Å². The zero-order valence-electron chi connectivity index (χ0n) is 10.2. The molecule has 0 unspecified atom stereocenters. The van der Waals surface area contributed by atoms with Crippen molar-refractivity contribution in [3.8, 4) is 11.1 Å². The van der Waals surface area contributed by atoms with Gasteiger partial charge in [-0.1, -0.05) is 60.7 Å². The van der Waals surface area contributed by atoms with Gasteiger partial charge in [0, 0.05) is 0 Å². The maximum Gasteiger partial charge on any atom is -0.0105 e. The van der Waals surface area contributed by atoms with Crippen LogP contribution in [0.15, 0.2) is 60.7 Å². The number of fused-ring (bicyclic) bond motifs is 2. The molecular weight excluding hydrogens is 216 g/mol. The lowest BCUT2D eigenvalue weighted by Gasteiger charge is -2.19. The average molecular weight is 230 g/mol. The van der Waals surface area contributed by atoms with Gasteiger partial charge in [0.05, 0.1) is 0 Å². The lowest BCUT2D eigenvalue weighted by atomic mass is 9.85. The van der Waals surface area contributed by atoms with Crippen molar-refractivity contribution in [2.75, 3.05) is 0 Å². The fourth-order valence-electron chi connectivity index (χ4n) is 2.84. The second-order valence-electron chi connectivity index (χ2n) is 5.01. The molecule has 0 heteroatoms. The van der Waals surface area contributed by atoms with Crippen molar-refractivity contribution in [2.24, 2.45) is 0 Å². The van der Waals surface area contributed by atoms with E-state index in [2.05, 4.69) is 60.7 Å². The Hall–Kier alpha value is -2.08. The van der Waals surface area contributed by atoms with Gasteiger partial charge >= 0.3 is 0 Å². The first kappa shape index (κ1) is 9.90. The summed E-state index contributed by atoms with van der Waals surface area (Å²) in [5.41, 5.74) is 5.76. The number of rotatable bonds is 1. The summed E-state index contributed by atoms with van der Waals surface area (Å²) in [6.07, 6.45) is 2.50. The molecule has 0 heterocycles. The molecule has 0 nitrogen and oxygen atoms in total. The molecule has 0 aliphatic heterocycles. The summed E-state index contributed by atoms with van der Waals surface area (Å²) < 4.78 is 0. The highest BCUT2D eigenvalue weighted by atomic mass is 14.2. The summed E-state index contributed by atoms with van der Waals surface area (Å²) in [6, 6.07) is 22.1. The molecule has 1 aliphatic carbocycles. The summed E-state index contributed by atoms with van der Waals surface area (Å²) in [5, 5.41) is 2.66. The molecule has 0 saturated heterocycles. The van der Waals surface area contributed by atoms with Crippen LogP contribution in [0.1, 0.15) is 11.1 Å². The van der Waals surface area contributed by atoms with Crippen LogP contribution in [0.3, 0.4) is 0 Å². The predicted octanol–water partition coefficient (Wildman–Crippen LogP) is 4.61. The van der Waals surface area contributed by atoms with Crippen molar-refractivity contribution < 1.29 is 0 Å². The molecule has 0 amide bonds. The molecule has 0 spiro atoms. The second kappa shape index (κ2) is 3.71. The lowest BCUT2D eigenvalue weighted by Crippen LogP contribution is -2.07. The van der Waals surface area contributed by atoms with E-state index in [1.807, 2.05) is 0 Å². The lowest BCUT2D eigenvalue weighted by molar-refractivity contribution is 0.840. The van der Waals surface area contributed by atoms with E-state index >= 15 is 0 Å². The van der Waals surface area contributed by atoms with Crippen LogP contribution in [0, 0.1) is 0 Å². The highest BCUT2D eigenvalue weighted by molar-refractivity contribution is 5.96. The molecule has 0 bridgehead atoms. The molecule has 0 N–H and O–H groups in total. The highest BCUT2D eigenvalue weighted by Crippen LogP contribution is 2.32. The first-order valence-corrected chi connectivity index (χ1v) is 6.52. The minimum absolute atomic E-state index is 1.24. The minimum Gasteiger partial charge on any atom is -0.0616 e. The largest absolute Gasteiger partial charge is 0.0616 e. The summed E-state index contributed by atoms with van der Waals surface area (Å²) in [5.74, 6) is 0. The topological polar surface area (TPSA) is 0 Å². The van der Waals surface area contributed by atoms with Crippen LogP contribution in [-0.2, 0) is 12.8 Å². The molecule has 0 fully saturated rings. The van der Waals surface area contributed by atoms with Gasteiger partial charge < -0.3 is 0 Å². The second-order valence-corrected chi connectivity index (χ2v) is 5.01. The fourth-order valence-corrected chi connectivity index (χ4v) is 2.84. The van der Waals surface area contributed by atoms with Crippen LogP contribution < -0.4 is 0 Å². The van der Waals surface area contributed by atoms with Gasteiger partial charge in [0.1, 0.15) is 0 Å². The summed E-state index contributed by atoms with van der Waals surface area (Å²) in [4.78, 5) is 0. The third-order valence-electron chi connectivity index (χ3n) is 3.97. The Morgan fingerprint density at radius 1 is 0.667 bits per heavy atom. The summed E-state index contributed by atoms with van der Waals surface area (Å²) in [7, 11) is 0. The van der Waals surface area contributed by atoms with E-state index in [0.29, 0.717) is 0 Å². The number of hydrogen-bond acceptors (Lipinski definition) is 0. The molecule has 1 aliphatic rings. The molecule has 4 rings (SSSR count). The van der Waals surface area contributed by atoms with Crippen LogP contribution in [-0.4, -0.2) is 0 Å². The van der Waals surface area contributed by atoms with Gasteiger partial charge in [-0.15, -0.1) is 0 Å². The summed E-state index contributed by atoms with van der Waals surface area (Å²) >= 11 is 0. The number of hydrogen-bond donors (Lipinski definition) is 0. The van der Waals surface area contributed by atoms with Crippen LogP contribution in [0.4, 0.5) is 0 Å². The van der Waals surface area contributed by atoms with Gasteiger partial charge in [-0.25, -0.2) is 0 Å². The molecule has 0 aromatic heterocycles. The molecule has 0 saturated carbocycles. The molecule has 86 valence electrons. The molecule has 3 aromatic rings. The third-order valence-corrected chi connectivity index (χ3v) is 3.97. The predicted molar refractivity (Wildman–Crippen MR) is 76.8 cm³/mol. The first-order chi connectivity index (χ1) is 8.92. The molecular formula is C18H14. The van der Waals surface area contributed by atoms with E-state index in [9.17, 15) is 0 Å². The normalized spacial score (nSPS) is 13.1. The molecule has 0 radical (unpaired) electrons. The minimum atomic E-state index is 1.24. The standard InChI is InChI=1S/C18H14/c1-2-6-17-14(4-1)5-3-7-18(17)16-11-9-13-8-10-15(13)12-16/h1-7,9,11-12H,8,10H2. The quantitative estimate of drug-likeness (QED) is 0.573. The SMILES string of the molecule is c1ccc2c(-c3ccc4c(c3)CC4)cccc2c1. The first-order valence-electron chi connectivity index (χ1n) is 6.52. The Morgan fingerprint density at radius 3 is 2.33 bits per heavy atom.